The van der Waals surface area contributed by atoms with E-state index in [1.54, 1.807) is 0 Å². The van der Waals surface area contributed by atoms with Gasteiger partial charge in [-0.1, -0.05) is 19.3 Å². The lowest BCUT2D eigenvalue weighted by molar-refractivity contribution is 0.0927. The maximum Gasteiger partial charge on any atom is 0.251 e. The van der Waals surface area contributed by atoms with Gasteiger partial charge in [0.15, 0.2) is 0 Å². The molecule has 1 aliphatic heterocycles. The van der Waals surface area contributed by atoms with Gasteiger partial charge in [-0.25, -0.2) is 4.98 Å². The molecule has 4 rings (SSSR count). The first kappa shape index (κ1) is 14.3. The largest absolute Gasteiger partial charge is 0.491 e. The van der Waals surface area contributed by atoms with E-state index in [0.717, 1.165) is 36.4 Å². The van der Waals surface area contributed by atoms with Gasteiger partial charge < -0.3 is 14.6 Å². The van der Waals surface area contributed by atoms with Crippen molar-refractivity contribution in [3.63, 3.8) is 0 Å². The average Bonchev–Trinajstić information content (AvgIpc) is 2.97. The average molecular weight is 311 g/mol. The van der Waals surface area contributed by atoms with Crippen LogP contribution in [0.1, 0.15) is 42.5 Å². The first-order valence-electron chi connectivity index (χ1n) is 8.39. The molecular formula is C18H21N3O2. The molecular weight excluding hydrogens is 290 g/mol. The summed E-state index contributed by atoms with van der Waals surface area (Å²) in [5.41, 5.74) is 2.63. The normalized spacial score (nSPS) is 17.6. The zero-order chi connectivity index (χ0) is 15.6. The number of nitrogens with one attached hydrogen (secondary N) is 1. The highest BCUT2D eigenvalue weighted by Gasteiger charge is 2.20. The van der Waals surface area contributed by atoms with Crippen molar-refractivity contribution in [2.75, 3.05) is 6.61 Å². The van der Waals surface area contributed by atoms with Crippen molar-refractivity contribution < 1.29 is 9.53 Å². The number of aromatic nitrogens is 2. The maximum atomic E-state index is 12.6. The standard InChI is InChI=1S/C18H21N3O2/c22-18(20-14-4-2-1-3-5-14)13-6-7-17-15(10-13)16-11-19-12-21(16)8-9-23-17/h6-7,10-12,14H,1-5,8-9H2,(H,20,22). The molecule has 1 amide bonds. The first-order chi connectivity index (χ1) is 11.3. The zero-order valence-electron chi connectivity index (χ0n) is 13.1. The second-order valence-electron chi connectivity index (χ2n) is 6.34. The second kappa shape index (κ2) is 6.07. The summed E-state index contributed by atoms with van der Waals surface area (Å²) >= 11 is 0. The molecule has 23 heavy (non-hydrogen) atoms. The van der Waals surface area contributed by atoms with Gasteiger partial charge in [0.1, 0.15) is 12.4 Å². The number of nitrogens with zero attached hydrogens (tertiary/aromatic N) is 2. The van der Waals surface area contributed by atoms with Crippen molar-refractivity contribution in [2.24, 2.45) is 0 Å². The van der Waals surface area contributed by atoms with E-state index >= 15 is 0 Å². The van der Waals surface area contributed by atoms with E-state index in [1.807, 2.05) is 30.7 Å². The molecule has 2 aromatic rings. The van der Waals surface area contributed by atoms with E-state index in [-0.39, 0.29) is 5.91 Å². The Hall–Kier alpha value is -2.30. The van der Waals surface area contributed by atoms with Gasteiger partial charge in [-0.3, -0.25) is 4.79 Å². The Morgan fingerprint density at radius 2 is 2.13 bits per heavy atom. The minimum Gasteiger partial charge on any atom is -0.491 e. The molecule has 1 fully saturated rings. The molecule has 1 saturated carbocycles. The molecule has 0 radical (unpaired) electrons. The van der Waals surface area contributed by atoms with Gasteiger partial charge in [-0.05, 0) is 31.0 Å². The predicted molar refractivity (Wildman–Crippen MR) is 87.5 cm³/mol. The summed E-state index contributed by atoms with van der Waals surface area (Å²) in [6.45, 7) is 1.39. The van der Waals surface area contributed by atoms with Crippen LogP contribution in [0.2, 0.25) is 0 Å². The van der Waals surface area contributed by atoms with Gasteiger partial charge in [-0.15, -0.1) is 0 Å². The van der Waals surface area contributed by atoms with Crippen LogP contribution in [-0.2, 0) is 6.54 Å². The molecule has 1 aromatic heterocycles. The van der Waals surface area contributed by atoms with Crippen LogP contribution in [0.3, 0.4) is 0 Å². The molecule has 0 unspecified atom stereocenters. The molecule has 2 aliphatic rings. The van der Waals surface area contributed by atoms with E-state index in [2.05, 4.69) is 14.9 Å². The minimum absolute atomic E-state index is 0.00927. The third-order valence-electron chi connectivity index (χ3n) is 4.76. The van der Waals surface area contributed by atoms with Crippen LogP contribution in [-0.4, -0.2) is 28.1 Å². The molecule has 0 spiro atoms. The smallest absolute Gasteiger partial charge is 0.251 e. The number of carbonyl (C=O) groups is 1. The fourth-order valence-electron chi connectivity index (χ4n) is 3.49. The topological polar surface area (TPSA) is 56.2 Å². The summed E-state index contributed by atoms with van der Waals surface area (Å²) in [6, 6.07) is 5.99. The van der Waals surface area contributed by atoms with Gasteiger partial charge in [0.2, 0.25) is 0 Å². The number of carbonyl (C=O) groups excluding carboxylic acids is 1. The van der Waals surface area contributed by atoms with Crippen molar-refractivity contribution in [1.29, 1.82) is 0 Å². The van der Waals surface area contributed by atoms with Crippen molar-refractivity contribution in [3.05, 3.63) is 36.3 Å². The van der Waals surface area contributed by atoms with Crippen LogP contribution in [0, 0.1) is 0 Å². The van der Waals surface area contributed by atoms with Gasteiger partial charge in [0.25, 0.3) is 5.91 Å². The van der Waals surface area contributed by atoms with E-state index < -0.39 is 0 Å². The van der Waals surface area contributed by atoms with Crippen molar-refractivity contribution in [1.82, 2.24) is 14.9 Å². The molecule has 5 heteroatoms. The number of ether oxygens (including phenoxy) is 1. The maximum absolute atomic E-state index is 12.6. The molecule has 120 valence electrons. The lowest BCUT2D eigenvalue weighted by Gasteiger charge is -2.23. The summed E-state index contributed by atoms with van der Waals surface area (Å²) in [7, 11) is 0. The highest BCUT2D eigenvalue weighted by Crippen LogP contribution is 2.33. The van der Waals surface area contributed by atoms with E-state index in [0.29, 0.717) is 18.2 Å². The van der Waals surface area contributed by atoms with Gasteiger partial charge in [0, 0.05) is 17.2 Å². The summed E-state index contributed by atoms with van der Waals surface area (Å²) < 4.78 is 7.86. The lowest BCUT2D eigenvalue weighted by Crippen LogP contribution is -2.36. The van der Waals surface area contributed by atoms with Crippen LogP contribution in [0.25, 0.3) is 11.3 Å². The van der Waals surface area contributed by atoms with Crippen LogP contribution in [0.5, 0.6) is 5.75 Å². The summed E-state index contributed by atoms with van der Waals surface area (Å²) in [5.74, 6) is 0.827. The molecule has 1 N–H and O–H groups in total. The van der Waals surface area contributed by atoms with E-state index in [1.165, 1.54) is 19.3 Å². The van der Waals surface area contributed by atoms with Gasteiger partial charge in [0.05, 0.1) is 24.8 Å². The van der Waals surface area contributed by atoms with Crippen molar-refractivity contribution in [3.8, 4) is 17.0 Å². The zero-order valence-corrected chi connectivity index (χ0v) is 13.1. The fraction of sp³-hybridized carbons (Fsp3) is 0.444. The highest BCUT2D eigenvalue weighted by molar-refractivity contribution is 5.96. The van der Waals surface area contributed by atoms with Gasteiger partial charge in [-0.2, -0.15) is 0 Å². The number of hydrogen-bond acceptors (Lipinski definition) is 3. The lowest BCUT2D eigenvalue weighted by atomic mass is 9.95. The number of amides is 1. The van der Waals surface area contributed by atoms with Crippen LogP contribution < -0.4 is 10.1 Å². The molecule has 0 saturated heterocycles. The fourth-order valence-corrected chi connectivity index (χ4v) is 3.49. The number of imidazole rings is 1. The Labute approximate surface area is 135 Å². The molecule has 1 aromatic carbocycles. The SMILES string of the molecule is O=C(NC1CCCCC1)c1ccc2c(c1)-c1cncn1CCO2. The van der Waals surface area contributed by atoms with Crippen LogP contribution in [0.4, 0.5) is 0 Å². The minimum atomic E-state index is 0.00927. The predicted octanol–water partition coefficient (Wildman–Crippen LogP) is 3.01. The molecule has 2 heterocycles. The summed E-state index contributed by atoms with van der Waals surface area (Å²) in [5, 5.41) is 3.17. The third-order valence-corrected chi connectivity index (χ3v) is 4.76. The van der Waals surface area contributed by atoms with E-state index in [9.17, 15) is 4.79 Å². The number of benzene rings is 1. The van der Waals surface area contributed by atoms with Crippen LogP contribution in [0.15, 0.2) is 30.7 Å². The Bertz CT molecular complexity index is 717. The molecule has 0 bridgehead atoms. The first-order valence-corrected chi connectivity index (χ1v) is 8.39. The Kier molecular flexibility index (Phi) is 3.77. The Morgan fingerprint density at radius 3 is 3.00 bits per heavy atom. The quantitative estimate of drug-likeness (QED) is 0.927. The summed E-state index contributed by atoms with van der Waals surface area (Å²) in [4.78, 5) is 16.8. The number of rotatable bonds is 2. The van der Waals surface area contributed by atoms with Crippen LogP contribution >= 0.6 is 0 Å². The Balaban J connectivity index is 1.61. The van der Waals surface area contributed by atoms with E-state index in [4.69, 9.17) is 4.74 Å². The highest BCUT2D eigenvalue weighted by atomic mass is 16.5. The monoisotopic (exact) mass is 311 g/mol. The number of fused-ring (bicyclic) bond motifs is 3. The molecule has 1 aliphatic carbocycles. The van der Waals surface area contributed by atoms with Gasteiger partial charge >= 0.3 is 0 Å². The third kappa shape index (κ3) is 2.83. The number of hydrogen-bond donors (Lipinski definition) is 1. The van der Waals surface area contributed by atoms with Crippen molar-refractivity contribution in [2.45, 2.75) is 44.7 Å². The second-order valence-corrected chi connectivity index (χ2v) is 6.34. The van der Waals surface area contributed by atoms with Crippen molar-refractivity contribution >= 4 is 5.91 Å². The molecule has 5 nitrogen and oxygen atoms in total. The summed E-state index contributed by atoms with van der Waals surface area (Å²) in [6.07, 6.45) is 9.52. The Morgan fingerprint density at radius 1 is 1.26 bits per heavy atom. The molecule has 0 atom stereocenters.